The van der Waals surface area contributed by atoms with Crippen molar-refractivity contribution in [2.75, 3.05) is 39.9 Å². The molecule has 4 rings (SSSR count). The Bertz CT molecular complexity index is 1390. The Morgan fingerprint density at radius 3 is 2.51 bits per heavy atom. The average Bonchev–Trinajstić information content (AvgIpc) is 3.58. The number of nitrogens with zero attached hydrogens (tertiary/aromatic N) is 1. The summed E-state index contributed by atoms with van der Waals surface area (Å²) >= 11 is 0. The number of carbonyl (C=O) groups is 3. The molecular weight excluding hydrogens is 526 g/mol. The summed E-state index contributed by atoms with van der Waals surface area (Å²) < 4.78 is 17.5. The summed E-state index contributed by atoms with van der Waals surface area (Å²) in [7, 11) is 1.52. The predicted molar refractivity (Wildman–Crippen MR) is 156 cm³/mol. The van der Waals surface area contributed by atoms with Gasteiger partial charge in [-0.25, -0.2) is 0 Å². The molecule has 3 heterocycles. The molecule has 2 aromatic heterocycles. The van der Waals surface area contributed by atoms with Crippen molar-refractivity contribution >= 4 is 28.5 Å². The van der Waals surface area contributed by atoms with E-state index in [0.717, 1.165) is 0 Å². The van der Waals surface area contributed by atoms with Crippen molar-refractivity contribution in [3.8, 4) is 17.1 Å². The van der Waals surface area contributed by atoms with Crippen molar-refractivity contribution in [3.05, 3.63) is 41.8 Å². The average molecular weight is 568 g/mol. The van der Waals surface area contributed by atoms with Crippen LogP contribution in [0.2, 0.25) is 0 Å². The van der Waals surface area contributed by atoms with Crippen molar-refractivity contribution in [2.45, 2.75) is 58.2 Å². The maximum Gasteiger partial charge on any atom is 0.295 e. The monoisotopic (exact) mass is 567 g/mol. The van der Waals surface area contributed by atoms with Crippen LogP contribution in [0.3, 0.4) is 0 Å². The normalized spacial score (nSPS) is 14.3. The number of furan rings is 1. The van der Waals surface area contributed by atoms with Crippen molar-refractivity contribution < 1.29 is 28.3 Å². The minimum atomic E-state index is -0.632. The number of amides is 2. The number of piperazine rings is 1. The predicted octanol–water partition coefficient (Wildman–Crippen LogP) is 2.98. The molecule has 1 aliphatic rings. The molecule has 222 valence electrons. The van der Waals surface area contributed by atoms with E-state index in [1.807, 2.05) is 33.8 Å². The molecule has 0 spiro atoms. The lowest BCUT2D eigenvalue weighted by Gasteiger charge is -2.27. The first-order valence-electron chi connectivity index (χ1n) is 13.9. The van der Waals surface area contributed by atoms with Crippen molar-refractivity contribution in [1.82, 2.24) is 20.5 Å². The molecule has 1 saturated heterocycles. The van der Waals surface area contributed by atoms with Gasteiger partial charge in [0, 0.05) is 50.1 Å². The molecule has 0 bridgehead atoms. The van der Waals surface area contributed by atoms with Crippen LogP contribution in [0, 0.1) is 0 Å². The molecule has 0 aliphatic carbocycles. The first kappa shape index (κ1) is 30.3. The first-order chi connectivity index (χ1) is 19.4. The highest BCUT2D eigenvalue weighted by molar-refractivity contribution is 6.45. The minimum Gasteiger partial charge on any atom is -0.496 e. The van der Waals surface area contributed by atoms with E-state index < -0.39 is 17.3 Å². The smallest absolute Gasteiger partial charge is 0.295 e. The Morgan fingerprint density at radius 1 is 1.10 bits per heavy atom. The number of methoxy groups -OCH3 is 1. The number of aromatic amines is 1. The molecule has 1 fully saturated rings. The number of benzene rings is 1. The number of Topliss-reactive ketones (excluding diaryl/α,β-unsaturated/α-hetero) is 1. The number of hydrogen-bond acceptors (Lipinski definition) is 8. The first-order valence-corrected chi connectivity index (χ1v) is 13.9. The molecule has 0 saturated carbocycles. The molecule has 11 nitrogen and oxygen atoms in total. The fourth-order valence-electron chi connectivity index (χ4n) is 4.79. The highest BCUT2D eigenvalue weighted by Crippen LogP contribution is 2.37. The molecule has 41 heavy (non-hydrogen) atoms. The van der Waals surface area contributed by atoms with Gasteiger partial charge in [0.05, 0.1) is 42.1 Å². The largest absolute Gasteiger partial charge is 0.496 e. The summed E-state index contributed by atoms with van der Waals surface area (Å²) in [5.41, 5.74) is 6.62. The summed E-state index contributed by atoms with van der Waals surface area (Å²) in [4.78, 5) is 43.5. The van der Waals surface area contributed by atoms with E-state index in [1.54, 1.807) is 29.3 Å². The number of aromatic nitrogens is 1. The van der Waals surface area contributed by atoms with Gasteiger partial charge in [-0.15, -0.1) is 0 Å². The fraction of sp³-hybridized carbons (Fsp3) is 0.500. The lowest BCUT2D eigenvalue weighted by molar-refractivity contribution is -0.128. The lowest BCUT2D eigenvalue weighted by atomic mass is 10.0. The van der Waals surface area contributed by atoms with Crippen LogP contribution in [0.15, 0.2) is 34.9 Å². The molecular formula is C30H41N5O6. The molecule has 3 aromatic rings. The Labute approximate surface area is 240 Å². The van der Waals surface area contributed by atoms with Crippen molar-refractivity contribution in [2.24, 2.45) is 5.73 Å². The molecule has 1 aliphatic heterocycles. The summed E-state index contributed by atoms with van der Waals surface area (Å²) in [6, 6.07) is 7.17. The van der Waals surface area contributed by atoms with Crippen LogP contribution in [0.5, 0.6) is 5.75 Å². The lowest BCUT2D eigenvalue weighted by Crippen LogP contribution is -2.48. The Kier molecular flexibility index (Phi) is 9.21. The number of ketones is 1. The van der Waals surface area contributed by atoms with Crippen LogP contribution >= 0.6 is 0 Å². The van der Waals surface area contributed by atoms with Crippen molar-refractivity contribution in [3.63, 3.8) is 0 Å². The molecule has 0 atom stereocenters. The highest BCUT2D eigenvalue weighted by atomic mass is 16.5. The Balaban J connectivity index is 1.45. The number of fused-ring (bicyclic) bond motifs is 1. The number of nitrogens with two attached hydrogens (primary N) is 1. The van der Waals surface area contributed by atoms with Gasteiger partial charge in [0.15, 0.2) is 0 Å². The highest BCUT2D eigenvalue weighted by Gasteiger charge is 2.29. The second-order valence-corrected chi connectivity index (χ2v) is 11.7. The maximum absolute atomic E-state index is 13.2. The fourth-order valence-corrected chi connectivity index (χ4v) is 4.79. The van der Waals surface area contributed by atoms with E-state index in [1.165, 1.54) is 7.11 Å². The van der Waals surface area contributed by atoms with E-state index in [2.05, 4.69) is 15.6 Å². The second kappa shape index (κ2) is 12.5. The number of carbonyl (C=O) groups excluding carboxylic acids is 3. The number of H-pyrrole nitrogens is 1. The summed E-state index contributed by atoms with van der Waals surface area (Å²) in [6.07, 6.45) is 2.42. The van der Waals surface area contributed by atoms with Crippen molar-refractivity contribution in [1.29, 1.82) is 0 Å². The minimum absolute atomic E-state index is 0.159. The van der Waals surface area contributed by atoms with E-state index in [-0.39, 0.29) is 30.0 Å². The van der Waals surface area contributed by atoms with E-state index in [4.69, 9.17) is 19.6 Å². The zero-order valence-electron chi connectivity index (χ0n) is 24.5. The zero-order chi connectivity index (χ0) is 29.8. The van der Waals surface area contributed by atoms with Gasteiger partial charge in [-0.1, -0.05) is 0 Å². The topological polar surface area (TPSA) is 152 Å². The van der Waals surface area contributed by atoms with Crippen LogP contribution in [0.1, 0.15) is 56.7 Å². The van der Waals surface area contributed by atoms with Gasteiger partial charge in [0.2, 0.25) is 5.91 Å². The third kappa shape index (κ3) is 7.55. The number of hydrogen-bond donors (Lipinski definition) is 4. The van der Waals surface area contributed by atoms with Crippen LogP contribution in [-0.2, 0) is 20.9 Å². The van der Waals surface area contributed by atoms with E-state index >= 15 is 0 Å². The van der Waals surface area contributed by atoms with Crippen LogP contribution in [0.25, 0.3) is 22.2 Å². The van der Waals surface area contributed by atoms with Gasteiger partial charge in [0.1, 0.15) is 17.3 Å². The number of ether oxygens (including phenoxy) is 2. The molecule has 1 aromatic carbocycles. The van der Waals surface area contributed by atoms with Crippen LogP contribution in [-0.4, -0.2) is 78.5 Å². The van der Waals surface area contributed by atoms with Crippen LogP contribution in [0.4, 0.5) is 0 Å². The van der Waals surface area contributed by atoms with Crippen LogP contribution < -0.4 is 21.1 Å². The Hall–Kier alpha value is -3.67. The van der Waals surface area contributed by atoms with Gasteiger partial charge in [-0.3, -0.25) is 14.4 Å². The third-order valence-electron chi connectivity index (χ3n) is 7.07. The van der Waals surface area contributed by atoms with Gasteiger partial charge in [0.25, 0.3) is 11.7 Å². The SMILES string of the molecule is COc1ccc(-c2ccc(CNC(=O)CC(C)(C)OCCC(C)(C)N)o2)c2[nH]cc(C(=O)C(=O)N3CCNCC3)c12. The summed E-state index contributed by atoms with van der Waals surface area (Å²) in [6.45, 7) is 10.6. The van der Waals surface area contributed by atoms with Gasteiger partial charge >= 0.3 is 0 Å². The standard InChI is InChI=1S/C30H41N5O6/c1-29(2,31)10-15-40-30(3,4)16-24(36)33-17-19-6-8-22(41-19)20-7-9-23(39-5)25-21(18-34-26(20)25)27(37)28(38)35-13-11-32-12-14-35/h6-9,18,32,34H,10-17,31H2,1-5H3,(H,33,36). The molecule has 0 unspecified atom stereocenters. The zero-order valence-corrected chi connectivity index (χ0v) is 24.5. The van der Waals surface area contributed by atoms with Gasteiger partial charge in [-0.2, -0.15) is 0 Å². The molecule has 11 heteroatoms. The molecule has 2 amide bonds. The number of rotatable bonds is 12. The van der Waals surface area contributed by atoms with E-state index in [0.29, 0.717) is 72.9 Å². The second-order valence-electron chi connectivity index (χ2n) is 11.7. The van der Waals surface area contributed by atoms with Gasteiger partial charge < -0.3 is 40.1 Å². The van der Waals surface area contributed by atoms with Gasteiger partial charge in [-0.05, 0) is 58.4 Å². The third-order valence-corrected chi connectivity index (χ3v) is 7.07. The van der Waals surface area contributed by atoms with E-state index in [9.17, 15) is 14.4 Å². The molecule has 5 N–H and O–H groups in total. The summed E-state index contributed by atoms with van der Waals surface area (Å²) in [5.74, 6) is 0.304. The molecule has 0 radical (unpaired) electrons. The summed E-state index contributed by atoms with van der Waals surface area (Å²) in [5, 5.41) is 6.59. The number of nitrogens with one attached hydrogen (secondary N) is 3. The quantitative estimate of drug-likeness (QED) is 0.193. The Morgan fingerprint density at radius 2 is 1.83 bits per heavy atom. The maximum atomic E-state index is 13.2.